The van der Waals surface area contributed by atoms with Crippen molar-refractivity contribution in [3.63, 3.8) is 0 Å². The van der Waals surface area contributed by atoms with E-state index >= 15 is 0 Å². The van der Waals surface area contributed by atoms with E-state index in [9.17, 15) is 0 Å². The number of nitrogens with two attached hydrogens (primary N) is 1. The molecule has 2 N–H and O–H groups in total. The first-order valence-electron chi connectivity index (χ1n) is 6.75. The normalized spacial score (nSPS) is 12.9. The standard InChI is InChI=1S/C16H22N2S/c1-10(2)9-13-5-7-14(8-6-13)15(17)16-18-11(3)12(4)19-16/h5-8,10,15H,9,17H2,1-4H3. The monoisotopic (exact) mass is 274 g/mol. The van der Waals surface area contributed by atoms with Crippen molar-refractivity contribution in [2.45, 2.75) is 40.2 Å². The number of thiazole rings is 1. The molecule has 0 saturated heterocycles. The van der Waals surface area contributed by atoms with Gasteiger partial charge in [-0.2, -0.15) is 0 Å². The summed E-state index contributed by atoms with van der Waals surface area (Å²) in [6.45, 7) is 8.60. The maximum atomic E-state index is 6.30. The fourth-order valence-electron chi connectivity index (χ4n) is 2.11. The van der Waals surface area contributed by atoms with E-state index in [2.05, 4.69) is 50.0 Å². The number of aryl methyl sites for hydroxylation is 2. The van der Waals surface area contributed by atoms with Crippen molar-refractivity contribution in [3.8, 4) is 0 Å². The van der Waals surface area contributed by atoms with Crippen LogP contribution < -0.4 is 5.73 Å². The molecule has 2 aromatic rings. The van der Waals surface area contributed by atoms with Crippen molar-refractivity contribution >= 4 is 11.3 Å². The number of hydrogen-bond acceptors (Lipinski definition) is 3. The Bertz CT molecular complexity index is 521. The van der Waals surface area contributed by atoms with Crippen LogP contribution in [0.3, 0.4) is 0 Å². The number of benzene rings is 1. The van der Waals surface area contributed by atoms with Crippen molar-refractivity contribution < 1.29 is 0 Å². The summed E-state index contributed by atoms with van der Waals surface area (Å²) in [4.78, 5) is 5.80. The molecule has 1 aromatic carbocycles. The largest absolute Gasteiger partial charge is 0.318 e. The van der Waals surface area contributed by atoms with Crippen LogP contribution in [0.5, 0.6) is 0 Å². The van der Waals surface area contributed by atoms with Crippen LogP contribution in [0.2, 0.25) is 0 Å². The van der Waals surface area contributed by atoms with Crippen LogP contribution in [-0.2, 0) is 6.42 Å². The van der Waals surface area contributed by atoms with Gasteiger partial charge < -0.3 is 5.73 Å². The van der Waals surface area contributed by atoms with Crippen molar-refractivity contribution in [1.82, 2.24) is 4.98 Å². The van der Waals surface area contributed by atoms with Crippen molar-refractivity contribution in [1.29, 1.82) is 0 Å². The molecule has 0 aliphatic heterocycles. The van der Waals surface area contributed by atoms with Gasteiger partial charge in [-0.1, -0.05) is 38.1 Å². The molecule has 3 heteroatoms. The Morgan fingerprint density at radius 2 is 1.79 bits per heavy atom. The summed E-state index contributed by atoms with van der Waals surface area (Å²) in [5.74, 6) is 0.684. The summed E-state index contributed by atoms with van der Waals surface area (Å²) in [5, 5.41) is 1.01. The first kappa shape index (κ1) is 14.2. The second-order valence-electron chi connectivity index (χ2n) is 5.51. The highest BCUT2D eigenvalue weighted by Gasteiger charge is 2.14. The molecule has 102 valence electrons. The molecule has 0 saturated carbocycles. The minimum atomic E-state index is -0.106. The zero-order chi connectivity index (χ0) is 14.0. The van der Waals surface area contributed by atoms with Gasteiger partial charge in [0.25, 0.3) is 0 Å². The predicted molar refractivity (Wildman–Crippen MR) is 82.6 cm³/mol. The number of nitrogens with zero attached hydrogens (tertiary/aromatic N) is 1. The fourth-order valence-corrected chi connectivity index (χ4v) is 3.06. The highest BCUT2D eigenvalue weighted by Crippen LogP contribution is 2.26. The van der Waals surface area contributed by atoms with Crippen LogP contribution in [0.25, 0.3) is 0 Å². The molecule has 0 spiro atoms. The van der Waals surface area contributed by atoms with E-state index in [1.807, 2.05) is 6.92 Å². The molecular formula is C16H22N2S. The van der Waals surface area contributed by atoms with Gasteiger partial charge in [-0.05, 0) is 37.3 Å². The molecule has 2 rings (SSSR count). The van der Waals surface area contributed by atoms with E-state index in [1.54, 1.807) is 11.3 Å². The Hall–Kier alpha value is -1.19. The minimum Gasteiger partial charge on any atom is -0.318 e. The van der Waals surface area contributed by atoms with Crippen LogP contribution in [0.15, 0.2) is 24.3 Å². The van der Waals surface area contributed by atoms with Gasteiger partial charge in [0.2, 0.25) is 0 Å². The lowest BCUT2D eigenvalue weighted by molar-refractivity contribution is 0.647. The Balaban J connectivity index is 2.17. The first-order chi connectivity index (χ1) is 8.97. The number of rotatable bonds is 4. The summed E-state index contributed by atoms with van der Waals surface area (Å²) in [5.41, 5.74) is 9.90. The minimum absolute atomic E-state index is 0.106. The van der Waals surface area contributed by atoms with E-state index in [-0.39, 0.29) is 6.04 Å². The highest BCUT2D eigenvalue weighted by molar-refractivity contribution is 7.11. The van der Waals surface area contributed by atoms with Crippen LogP contribution in [-0.4, -0.2) is 4.98 Å². The lowest BCUT2D eigenvalue weighted by Crippen LogP contribution is -2.11. The third-order valence-corrected chi connectivity index (χ3v) is 4.45. The van der Waals surface area contributed by atoms with Crippen molar-refractivity contribution in [2.24, 2.45) is 11.7 Å². The second kappa shape index (κ2) is 5.85. The first-order valence-corrected chi connectivity index (χ1v) is 7.57. The summed E-state index contributed by atoms with van der Waals surface area (Å²) in [6, 6.07) is 8.53. The molecule has 1 atom stereocenters. The smallest absolute Gasteiger partial charge is 0.114 e. The average molecular weight is 274 g/mol. The fraction of sp³-hybridized carbons (Fsp3) is 0.438. The van der Waals surface area contributed by atoms with Gasteiger partial charge in [-0.15, -0.1) is 11.3 Å². The van der Waals surface area contributed by atoms with Crippen LogP contribution in [0.4, 0.5) is 0 Å². The van der Waals surface area contributed by atoms with Gasteiger partial charge in [-0.25, -0.2) is 4.98 Å². The molecule has 0 aliphatic carbocycles. The summed E-state index contributed by atoms with van der Waals surface area (Å²) < 4.78 is 0. The topological polar surface area (TPSA) is 38.9 Å². The molecule has 1 heterocycles. The van der Waals surface area contributed by atoms with Gasteiger partial charge in [0.15, 0.2) is 0 Å². The van der Waals surface area contributed by atoms with E-state index in [1.165, 1.54) is 10.4 Å². The lowest BCUT2D eigenvalue weighted by atomic mass is 10.00. The molecule has 1 aromatic heterocycles. The molecule has 0 aliphatic rings. The summed E-state index contributed by atoms with van der Waals surface area (Å²) in [6.07, 6.45) is 1.12. The molecule has 0 radical (unpaired) electrons. The zero-order valence-electron chi connectivity index (χ0n) is 12.1. The van der Waals surface area contributed by atoms with E-state index in [0.29, 0.717) is 5.92 Å². The molecule has 1 unspecified atom stereocenters. The zero-order valence-corrected chi connectivity index (χ0v) is 12.9. The molecule has 0 amide bonds. The van der Waals surface area contributed by atoms with Crippen LogP contribution in [0, 0.1) is 19.8 Å². The quantitative estimate of drug-likeness (QED) is 0.915. The highest BCUT2D eigenvalue weighted by atomic mass is 32.1. The molecule has 19 heavy (non-hydrogen) atoms. The summed E-state index contributed by atoms with van der Waals surface area (Å²) >= 11 is 1.70. The SMILES string of the molecule is Cc1nc(C(N)c2ccc(CC(C)C)cc2)sc1C. The Morgan fingerprint density at radius 1 is 1.16 bits per heavy atom. The maximum Gasteiger partial charge on any atom is 0.114 e. The average Bonchev–Trinajstić information content (AvgIpc) is 2.69. The number of hydrogen-bond donors (Lipinski definition) is 1. The van der Waals surface area contributed by atoms with Gasteiger partial charge in [0.05, 0.1) is 11.7 Å². The molecule has 0 fully saturated rings. The third kappa shape index (κ3) is 3.43. The maximum absolute atomic E-state index is 6.30. The van der Waals surface area contributed by atoms with E-state index in [4.69, 9.17) is 5.73 Å². The molecule has 0 bridgehead atoms. The van der Waals surface area contributed by atoms with Gasteiger partial charge in [0.1, 0.15) is 5.01 Å². The Morgan fingerprint density at radius 3 is 2.26 bits per heavy atom. The van der Waals surface area contributed by atoms with Gasteiger partial charge >= 0.3 is 0 Å². The van der Waals surface area contributed by atoms with Gasteiger partial charge in [-0.3, -0.25) is 0 Å². The van der Waals surface area contributed by atoms with Crippen LogP contribution in [0.1, 0.15) is 46.6 Å². The molecular weight excluding hydrogens is 252 g/mol. The third-order valence-electron chi connectivity index (χ3n) is 3.29. The Labute approximate surface area is 119 Å². The predicted octanol–water partition coefficient (Wildman–Crippen LogP) is 4.01. The lowest BCUT2D eigenvalue weighted by Gasteiger charge is -2.11. The summed E-state index contributed by atoms with van der Waals surface area (Å²) in [7, 11) is 0. The molecule has 2 nitrogen and oxygen atoms in total. The van der Waals surface area contributed by atoms with Crippen LogP contribution >= 0.6 is 11.3 Å². The van der Waals surface area contributed by atoms with E-state index < -0.39 is 0 Å². The second-order valence-corrected chi connectivity index (χ2v) is 6.75. The van der Waals surface area contributed by atoms with Crippen molar-refractivity contribution in [3.05, 3.63) is 51.0 Å². The number of aromatic nitrogens is 1. The Kier molecular flexibility index (Phi) is 4.38. The van der Waals surface area contributed by atoms with E-state index in [0.717, 1.165) is 22.7 Å². The van der Waals surface area contributed by atoms with Crippen molar-refractivity contribution in [2.75, 3.05) is 0 Å². The van der Waals surface area contributed by atoms with Gasteiger partial charge in [0, 0.05) is 4.88 Å².